The maximum Gasteiger partial charge on any atom is 0.200 e. The molecule has 146 valence electrons. The molecular formula is C22H12Br2Cl2O2S. The fraction of sp³-hybridized carbons (Fsp3) is 0.0455. The maximum absolute atomic E-state index is 12.8. The number of ether oxygens (including phenoxy) is 1. The van der Waals surface area contributed by atoms with Crippen molar-refractivity contribution in [3.8, 4) is 5.75 Å². The third-order valence-corrected chi connectivity index (χ3v) is 7.02. The van der Waals surface area contributed by atoms with Crippen LogP contribution in [0.5, 0.6) is 5.75 Å². The molecule has 0 saturated heterocycles. The van der Waals surface area contributed by atoms with E-state index in [1.165, 1.54) is 11.8 Å². The molecule has 4 rings (SSSR count). The molecule has 1 aliphatic rings. The molecule has 0 bridgehead atoms. The predicted octanol–water partition coefficient (Wildman–Crippen LogP) is 8.43. The van der Waals surface area contributed by atoms with Crippen molar-refractivity contribution in [3.05, 3.63) is 95.2 Å². The van der Waals surface area contributed by atoms with E-state index in [1.54, 1.807) is 12.1 Å². The number of thioether (sulfide) groups is 1. The summed E-state index contributed by atoms with van der Waals surface area (Å²) in [7, 11) is 0. The third kappa shape index (κ3) is 4.59. The number of allylic oxidation sites excluding steroid dienone is 1. The Morgan fingerprint density at radius 2 is 1.83 bits per heavy atom. The molecule has 29 heavy (non-hydrogen) atoms. The lowest BCUT2D eigenvalue weighted by atomic mass is 10.1. The Balaban J connectivity index is 1.67. The van der Waals surface area contributed by atoms with Gasteiger partial charge in [-0.1, -0.05) is 69.1 Å². The van der Waals surface area contributed by atoms with Gasteiger partial charge in [0.15, 0.2) is 0 Å². The summed E-state index contributed by atoms with van der Waals surface area (Å²) in [4.78, 5) is 14.4. The average molecular weight is 571 g/mol. The Hall–Kier alpha value is -1.24. The quantitative estimate of drug-likeness (QED) is 0.294. The second kappa shape index (κ2) is 8.86. The van der Waals surface area contributed by atoms with Crippen molar-refractivity contribution < 1.29 is 9.53 Å². The summed E-state index contributed by atoms with van der Waals surface area (Å²) in [6.45, 7) is 0.272. The van der Waals surface area contributed by atoms with Gasteiger partial charge >= 0.3 is 0 Å². The second-order valence-electron chi connectivity index (χ2n) is 6.27. The molecule has 1 aliphatic heterocycles. The van der Waals surface area contributed by atoms with Crippen LogP contribution >= 0.6 is 66.8 Å². The first-order valence-electron chi connectivity index (χ1n) is 8.51. The Morgan fingerprint density at radius 3 is 2.59 bits per heavy atom. The van der Waals surface area contributed by atoms with Crippen LogP contribution in [0.15, 0.2) is 73.3 Å². The molecule has 0 aromatic heterocycles. The number of rotatable bonds is 4. The van der Waals surface area contributed by atoms with Crippen molar-refractivity contribution in [2.75, 3.05) is 0 Å². The SMILES string of the molecule is O=C1/C(=C\c2cc(Br)cc(Br)c2OCc2ccc(Cl)cc2Cl)Sc2ccccc21. The third-order valence-electron chi connectivity index (χ3n) is 4.29. The second-order valence-corrected chi connectivity index (χ2v) is 9.96. The first-order valence-corrected chi connectivity index (χ1v) is 11.7. The number of hydrogen-bond donors (Lipinski definition) is 0. The van der Waals surface area contributed by atoms with Crippen molar-refractivity contribution in [2.24, 2.45) is 0 Å². The van der Waals surface area contributed by atoms with Gasteiger partial charge in [0.2, 0.25) is 5.78 Å². The summed E-state index contributed by atoms with van der Waals surface area (Å²) in [5.41, 5.74) is 2.34. The van der Waals surface area contributed by atoms with E-state index in [2.05, 4.69) is 31.9 Å². The summed E-state index contributed by atoms with van der Waals surface area (Å²) < 4.78 is 7.74. The number of fused-ring (bicyclic) bond motifs is 1. The van der Waals surface area contributed by atoms with Crippen molar-refractivity contribution in [2.45, 2.75) is 11.5 Å². The molecule has 3 aromatic carbocycles. The summed E-state index contributed by atoms with van der Waals surface area (Å²) in [5.74, 6) is 0.657. The minimum Gasteiger partial charge on any atom is -0.487 e. The Kier molecular flexibility index (Phi) is 6.42. The van der Waals surface area contributed by atoms with Crippen LogP contribution in [-0.4, -0.2) is 5.78 Å². The van der Waals surface area contributed by atoms with Crippen LogP contribution in [-0.2, 0) is 6.61 Å². The van der Waals surface area contributed by atoms with Gasteiger partial charge in [0.05, 0.1) is 9.38 Å². The molecule has 0 saturated carbocycles. The van der Waals surface area contributed by atoms with Crippen LogP contribution in [0.25, 0.3) is 6.08 Å². The van der Waals surface area contributed by atoms with E-state index in [0.717, 1.165) is 30.5 Å². The molecule has 0 aliphatic carbocycles. The highest BCUT2D eigenvalue weighted by Crippen LogP contribution is 2.43. The van der Waals surface area contributed by atoms with Gasteiger partial charge in [-0.25, -0.2) is 0 Å². The highest BCUT2D eigenvalue weighted by Gasteiger charge is 2.26. The zero-order valence-corrected chi connectivity index (χ0v) is 20.2. The van der Waals surface area contributed by atoms with Crippen molar-refractivity contribution in [3.63, 3.8) is 0 Å². The minimum absolute atomic E-state index is 0.0217. The molecule has 0 N–H and O–H groups in total. The van der Waals surface area contributed by atoms with E-state index in [-0.39, 0.29) is 12.4 Å². The standard InChI is InChI=1S/C22H12Br2Cl2O2S/c23-14-7-13(8-20-21(27)16-3-1-2-4-19(16)29-20)22(17(24)9-14)28-11-12-5-6-15(25)10-18(12)26/h1-10H,11H2/b20-8+. The zero-order chi connectivity index (χ0) is 20.5. The van der Waals surface area contributed by atoms with Crippen LogP contribution in [0, 0.1) is 0 Å². The minimum atomic E-state index is 0.0217. The molecule has 0 radical (unpaired) electrons. The monoisotopic (exact) mass is 568 g/mol. The highest BCUT2D eigenvalue weighted by molar-refractivity contribution is 9.11. The van der Waals surface area contributed by atoms with Gasteiger partial charge in [0.1, 0.15) is 12.4 Å². The van der Waals surface area contributed by atoms with E-state index < -0.39 is 0 Å². The molecule has 7 heteroatoms. The molecule has 0 amide bonds. The van der Waals surface area contributed by atoms with E-state index in [4.69, 9.17) is 27.9 Å². The van der Waals surface area contributed by atoms with Gasteiger partial charge in [0.25, 0.3) is 0 Å². The van der Waals surface area contributed by atoms with E-state index in [0.29, 0.717) is 20.7 Å². The topological polar surface area (TPSA) is 26.3 Å². The normalized spacial score (nSPS) is 14.3. The van der Waals surface area contributed by atoms with Gasteiger partial charge in [-0.2, -0.15) is 0 Å². The van der Waals surface area contributed by atoms with Gasteiger partial charge in [0, 0.05) is 36.1 Å². The number of hydrogen-bond acceptors (Lipinski definition) is 3. The first-order chi connectivity index (χ1) is 13.9. The maximum atomic E-state index is 12.8. The number of Topliss-reactive ketones (excluding diaryl/α,β-unsaturated/α-hetero) is 1. The molecule has 0 spiro atoms. The molecule has 2 nitrogen and oxygen atoms in total. The van der Waals surface area contributed by atoms with Crippen LogP contribution in [0.1, 0.15) is 21.5 Å². The highest BCUT2D eigenvalue weighted by atomic mass is 79.9. The van der Waals surface area contributed by atoms with Gasteiger partial charge in [-0.3, -0.25) is 4.79 Å². The Morgan fingerprint density at radius 1 is 1.03 bits per heavy atom. The van der Waals surface area contributed by atoms with Crippen LogP contribution < -0.4 is 4.74 Å². The zero-order valence-electron chi connectivity index (χ0n) is 14.7. The smallest absolute Gasteiger partial charge is 0.200 e. The summed E-state index contributed by atoms with van der Waals surface area (Å²) in [6, 6.07) is 16.7. The first kappa shape index (κ1) is 21.0. The van der Waals surface area contributed by atoms with Crippen molar-refractivity contribution in [1.29, 1.82) is 0 Å². The molecular weight excluding hydrogens is 559 g/mol. The van der Waals surface area contributed by atoms with Crippen LogP contribution in [0.4, 0.5) is 0 Å². The van der Waals surface area contributed by atoms with E-state index in [1.807, 2.05) is 48.5 Å². The van der Waals surface area contributed by atoms with Gasteiger partial charge in [-0.15, -0.1) is 0 Å². The predicted molar refractivity (Wildman–Crippen MR) is 127 cm³/mol. The number of carbonyl (C=O) groups excluding carboxylic acids is 1. The van der Waals surface area contributed by atoms with Gasteiger partial charge in [-0.05, 0) is 58.4 Å². The number of ketones is 1. The van der Waals surface area contributed by atoms with Crippen molar-refractivity contribution >= 4 is 78.7 Å². The van der Waals surface area contributed by atoms with Crippen molar-refractivity contribution in [1.82, 2.24) is 0 Å². The fourth-order valence-electron chi connectivity index (χ4n) is 2.91. The largest absolute Gasteiger partial charge is 0.487 e. The summed E-state index contributed by atoms with van der Waals surface area (Å²) >= 11 is 20.8. The molecule has 3 aromatic rings. The lowest BCUT2D eigenvalue weighted by molar-refractivity contribution is 0.104. The number of carbonyl (C=O) groups is 1. The Labute approximate surface area is 199 Å². The van der Waals surface area contributed by atoms with Crippen LogP contribution in [0.2, 0.25) is 10.0 Å². The van der Waals surface area contributed by atoms with Gasteiger partial charge < -0.3 is 4.74 Å². The molecule has 0 fully saturated rings. The number of halogens is 4. The number of benzene rings is 3. The molecule has 0 atom stereocenters. The summed E-state index contributed by atoms with van der Waals surface area (Å²) in [6.07, 6.45) is 1.86. The molecule has 1 heterocycles. The van der Waals surface area contributed by atoms with Crippen LogP contribution in [0.3, 0.4) is 0 Å². The fourth-order valence-corrected chi connectivity index (χ4v) is 5.78. The molecule has 0 unspecified atom stereocenters. The summed E-state index contributed by atoms with van der Waals surface area (Å²) in [5, 5.41) is 1.12. The lowest BCUT2D eigenvalue weighted by Crippen LogP contribution is -2.00. The average Bonchev–Trinajstić information content (AvgIpc) is 2.98. The van der Waals surface area contributed by atoms with E-state index >= 15 is 0 Å². The lowest BCUT2D eigenvalue weighted by Gasteiger charge is -2.13. The Bertz CT molecular complexity index is 1160. The van der Waals surface area contributed by atoms with E-state index in [9.17, 15) is 4.79 Å².